The minimum absolute atomic E-state index is 0.238. The second-order valence-corrected chi connectivity index (χ2v) is 6.34. The predicted octanol–water partition coefficient (Wildman–Crippen LogP) is 2.71. The number of hydrogen-bond acceptors (Lipinski definition) is 7. The number of halogens is 1. The lowest BCUT2D eigenvalue weighted by atomic mass is 10.3. The first kappa shape index (κ1) is 11.7. The number of aliphatic imine (C=N–C) groups is 1. The van der Waals surface area contributed by atoms with E-state index in [0.29, 0.717) is 11.6 Å². The summed E-state index contributed by atoms with van der Waals surface area (Å²) in [6.45, 7) is 0. The maximum Gasteiger partial charge on any atom is 0.363 e. The molecule has 0 aliphatic carbocycles. The van der Waals surface area contributed by atoms with Crippen LogP contribution < -0.4 is 0 Å². The Hall–Kier alpha value is -1.38. The van der Waals surface area contributed by atoms with Crippen molar-refractivity contribution in [1.82, 2.24) is 9.59 Å². The van der Waals surface area contributed by atoms with Crippen molar-refractivity contribution in [2.24, 2.45) is 4.99 Å². The lowest BCUT2D eigenvalue weighted by molar-refractivity contribution is -0.129. The Kier molecular flexibility index (Phi) is 3.06. The van der Waals surface area contributed by atoms with Gasteiger partial charge < -0.3 is 4.74 Å². The summed E-state index contributed by atoms with van der Waals surface area (Å²) in [5, 5.41) is 5.56. The van der Waals surface area contributed by atoms with Crippen LogP contribution in [-0.4, -0.2) is 21.5 Å². The molecule has 0 atom stereocenters. The summed E-state index contributed by atoms with van der Waals surface area (Å²) in [6.07, 6.45) is 1.56. The summed E-state index contributed by atoms with van der Waals surface area (Å²) in [5.41, 5.74) is 0.839. The Morgan fingerprint density at radius 3 is 2.94 bits per heavy atom. The molecule has 2 aromatic rings. The highest BCUT2D eigenvalue weighted by molar-refractivity contribution is 9.11. The topological polar surface area (TPSA) is 64.4 Å². The fraction of sp³-hybridized carbons (Fsp3) is 0. The zero-order valence-corrected chi connectivity index (χ0v) is 11.9. The van der Waals surface area contributed by atoms with Crippen molar-refractivity contribution in [2.75, 3.05) is 0 Å². The summed E-state index contributed by atoms with van der Waals surface area (Å²) < 4.78 is 9.78. The van der Waals surface area contributed by atoms with Crippen LogP contribution in [0, 0.1) is 0 Å². The van der Waals surface area contributed by atoms with E-state index in [0.717, 1.165) is 8.66 Å². The molecule has 3 rings (SSSR count). The molecule has 0 radical (unpaired) electrons. The van der Waals surface area contributed by atoms with Crippen LogP contribution in [0.4, 0.5) is 0 Å². The monoisotopic (exact) mass is 341 g/mol. The molecule has 0 unspecified atom stereocenters. The number of carbonyl (C=O) groups is 1. The minimum Gasteiger partial charge on any atom is -0.401 e. The molecule has 0 saturated heterocycles. The van der Waals surface area contributed by atoms with Gasteiger partial charge in [0.05, 0.1) is 8.66 Å². The van der Waals surface area contributed by atoms with E-state index >= 15 is 0 Å². The second-order valence-electron chi connectivity index (χ2n) is 3.27. The van der Waals surface area contributed by atoms with Gasteiger partial charge in [0.2, 0.25) is 5.90 Å². The summed E-state index contributed by atoms with van der Waals surface area (Å²) in [7, 11) is 0. The summed E-state index contributed by atoms with van der Waals surface area (Å²) in [5.74, 6) is -0.146. The Bertz CT molecular complexity index is 660. The molecule has 18 heavy (non-hydrogen) atoms. The molecule has 1 aliphatic heterocycles. The number of hydrogen-bond donors (Lipinski definition) is 0. The molecule has 0 aromatic carbocycles. The van der Waals surface area contributed by atoms with Crippen LogP contribution in [0.15, 0.2) is 32.0 Å². The van der Waals surface area contributed by atoms with Crippen LogP contribution >= 0.6 is 38.8 Å². The summed E-state index contributed by atoms with van der Waals surface area (Å²) in [4.78, 5) is 16.6. The number of cyclic esters (lactones) is 1. The smallest absolute Gasteiger partial charge is 0.363 e. The van der Waals surface area contributed by atoms with Crippen LogP contribution in [0.3, 0.4) is 0 Å². The molecular weight excluding hydrogens is 338 g/mol. The zero-order valence-electron chi connectivity index (χ0n) is 8.66. The van der Waals surface area contributed by atoms with Gasteiger partial charge in [-0.15, -0.1) is 16.4 Å². The van der Waals surface area contributed by atoms with Crippen LogP contribution in [0.5, 0.6) is 0 Å². The fourth-order valence-corrected chi connectivity index (χ4v) is 3.04. The summed E-state index contributed by atoms with van der Waals surface area (Å²) >= 11 is 6.02. The van der Waals surface area contributed by atoms with E-state index in [1.165, 1.54) is 22.9 Å². The first-order chi connectivity index (χ1) is 8.72. The lowest BCUT2D eigenvalue weighted by Gasteiger charge is -1.92. The van der Waals surface area contributed by atoms with Crippen molar-refractivity contribution in [3.63, 3.8) is 0 Å². The molecule has 3 heterocycles. The lowest BCUT2D eigenvalue weighted by Crippen LogP contribution is -2.03. The second kappa shape index (κ2) is 4.71. The summed E-state index contributed by atoms with van der Waals surface area (Å²) in [6, 6.07) is 3.72. The van der Waals surface area contributed by atoms with Crippen molar-refractivity contribution < 1.29 is 9.53 Å². The standard InChI is InChI=1S/C10H4BrN3O2S2/c11-8-2-1-7(18-8)9-12-6(10(15)16-9)3-5-4-17-14-13-5/h1-4H/b6-3+. The number of esters is 1. The maximum absolute atomic E-state index is 11.6. The molecule has 0 N–H and O–H groups in total. The molecule has 0 amide bonds. The highest BCUT2D eigenvalue weighted by Gasteiger charge is 2.25. The van der Waals surface area contributed by atoms with Crippen LogP contribution in [0.2, 0.25) is 0 Å². The predicted molar refractivity (Wildman–Crippen MR) is 72.5 cm³/mol. The van der Waals surface area contributed by atoms with E-state index in [2.05, 4.69) is 30.5 Å². The SMILES string of the molecule is O=C1OC(c2ccc(Br)s2)=N/C1=C/c1csnn1. The third-order valence-electron chi connectivity index (χ3n) is 2.07. The molecule has 0 bridgehead atoms. The van der Waals surface area contributed by atoms with Gasteiger partial charge in [0.15, 0.2) is 5.70 Å². The van der Waals surface area contributed by atoms with E-state index in [1.807, 2.05) is 12.1 Å². The highest BCUT2D eigenvalue weighted by Crippen LogP contribution is 2.26. The quantitative estimate of drug-likeness (QED) is 0.622. The van der Waals surface area contributed by atoms with Crippen molar-refractivity contribution in [3.05, 3.63) is 37.6 Å². The molecule has 0 spiro atoms. The molecule has 90 valence electrons. The number of nitrogens with zero attached hydrogens (tertiary/aromatic N) is 3. The normalized spacial score (nSPS) is 17.1. The Balaban J connectivity index is 1.94. The van der Waals surface area contributed by atoms with Gasteiger partial charge in [-0.05, 0) is 45.7 Å². The van der Waals surface area contributed by atoms with E-state index in [9.17, 15) is 4.79 Å². The van der Waals surface area contributed by atoms with Crippen molar-refractivity contribution in [2.45, 2.75) is 0 Å². The van der Waals surface area contributed by atoms with Crippen molar-refractivity contribution in [3.8, 4) is 0 Å². The highest BCUT2D eigenvalue weighted by atomic mass is 79.9. The average molecular weight is 342 g/mol. The van der Waals surface area contributed by atoms with E-state index in [4.69, 9.17) is 4.74 Å². The largest absolute Gasteiger partial charge is 0.401 e. The van der Waals surface area contributed by atoms with E-state index in [-0.39, 0.29) is 5.70 Å². The molecule has 0 saturated carbocycles. The average Bonchev–Trinajstić information content (AvgIpc) is 3.03. The van der Waals surface area contributed by atoms with Crippen molar-refractivity contribution in [1.29, 1.82) is 0 Å². The van der Waals surface area contributed by atoms with Crippen LogP contribution in [-0.2, 0) is 9.53 Å². The van der Waals surface area contributed by atoms with Gasteiger partial charge in [0.1, 0.15) is 5.69 Å². The molecule has 5 nitrogen and oxygen atoms in total. The number of aromatic nitrogens is 2. The molecule has 8 heteroatoms. The third kappa shape index (κ3) is 2.26. The Labute approximate surface area is 118 Å². The number of carbonyl (C=O) groups excluding carboxylic acids is 1. The molecule has 2 aromatic heterocycles. The van der Waals surface area contributed by atoms with E-state index < -0.39 is 5.97 Å². The van der Waals surface area contributed by atoms with Gasteiger partial charge in [0.25, 0.3) is 0 Å². The number of ether oxygens (including phenoxy) is 1. The van der Waals surface area contributed by atoms with Gasteiger partial charge in [0, 0.05) is 5.38 Å². The zero-order chi connectivity index (χ0) is 12.5. The molecule has 1 aliphatic rings. The minimum atomic E-state index is -0.470. The maximum atomic E-state index is 11.6. The van der Waals surface area contributed by atoms with Gasteiger partial charge in [-0.1, -0.05) is 4.49 Å². The fourth-order valence-electron chi connectivity index (χ4n) is 1.32. The molecule has 0 fully saturated rings. The number of thiophene rings is 1. The first-order valence-corrected chi connectivity index (χ1v) is 7.22. The van der Waals surface area contributed by atoms with Gasteiger partial charge in [-0.2, -0.15) is 0 Å². The van der Waals surface area contributed by atoms with Gasteiger partial charge in [-0.3, -0.25) is 0 Å². The first-order valence-electron chi connectivity index (χ1n) is 4.78. The molecular formula is C10H4BrN3O2S2. The Morgan fingerprint density at radius 2 is 2.28 bits per heavy atom. The van der Waals surface area contributed by atoms with Gasteiger partial charge >= 0.3 is 5.97 Å². The van der Waals surface area contributed by atoms with Crippen LogP contribution in [0.25, 0.3) is 6.08 Å². The van der Waals surface area contributed by atoms with Crippen molar-refractivity contribution >= 4 is 56.7 Å². The Morgan fingerprint density at radius 1 is 1.39 bits per heavy atom. The van der Waals surface area contributed by atoms with E-state index in [1.54, 1.807) is 11.5 Å². The van der Waals surface area contributed by atoms with Gasteiger partial charge in [-0.25, -0.2) is 9.79 Å². The van der Waals surface area contributed by atoms with Crippen LogP contribution in [0.1, 0.15) is 10.6 Å². The number of rotatable bonds is 2. The third-order valence-corrected chi connectivity index (χ3v) is 4.20.